The van der Waals surface area contributed by atoms with Crippen LogP contribution in [0.4, 0.5) is 0 Å². The third kappa shape index (κ3) is 3.55. The second kappa shape index (κ2) is 5.88. The molecule has 0 N–H and O–H groups in total. The maximum atomic E-state index is 5.17. The molecular formula is C10H12O2S2. The molecule has 0 bridgehead atoms. The lowest BCUT2D eigenvalue weighted by Gasteiger charge is -2.05. The summed E-state index contributed by atoms with van der Waals surface area (Å²) < 4.78 is 10.8. The van der Waals surface area contributed by atoms with Crippen molar-refractivity contribution < 1.29 is 9.47 Å². The molecule has 0 aromatic heterocycles. The quantitative estimate of drug-likeness (QED) is 0.584. The molecule has 1 rings (SSSR count). The van der Waals surface area contributed by atoms with Crippen LogP contribution in [0.15, 0.2) is 29.2 Å². The Kier molecular flexibility index (Phi) is 4.76. The minimum Gasteiger partial charge on any atom is -0.497 e. The molecule has 0 aliphatic carbocycles. The van der Waals surface area contributed by atoms with Crippen molar-refractivity contribution in [2.45, 2.75) is 11.8 Å². The van der Waals surface area contributed by atoms with Gasteiger partial charge in [-0.15, -0.1) is 0 Å². The molecule has 0 aliphatic heterocycles. The van der Waals surface area contributed by atoms with E-state index in [0.717, 1.165) is 10.6 Å². The molecule has 1 aromatic carbocycles. The van der Waals surface area contributed by atoms with Gasteiger partial charge in [0.2, 0.25) is 4.38 Å². The molecule has 4 heteroatoms. The van der Waals surface area contributed by atoms with Crippen molar-refractivity contribution in [2.24, 2.45) is 0 Å². The number of hydrogen-bond acceptors (Lipinski definition) is 4. The van der Waals surface area contributed by atoms with Crippen LogP contribution in [0.25, 0.3) is 0 Å². The van der Waals surface area contributed by atoms with E-state index in [1.165, 1.54) is 11.8 Å². The highest BCUT2D eigenvalue weighted by atomic mass is 32.2. The zero-order valence-corrected chi connectivity index (χ0v) is 9.78. The Morgan fingerprint density at radius 3 is 2.93 bits per heavy atom. The molecule has 76 valence electrons. The molecule has 0 heterocycles. The van der Waals surface area contributed by atoms with Gasteiger partial charge in [0.1, 0.15) is 5.75 Å². The normalized spacial score (nSPS) is 9.57. The number of methoxy groups -OCH3 is 1. The minimum absolute atomic E-state index is 0.542. The standard InChI is InChI=1S/C10H12O2S2/c1-3-12-10(13)14-9-6-4-5-8(7-9)11-2/h4-7H,3H2,1-2H3. The summed E-state index contributed by atoms with van der Waals surface area (Å²) >= 11 is 6.44. The van der Waals surface area contributed by atoms with E-state index in [4.69, 9.17) is 21.7 Å². The summed E-state index contributed by atoms with van der Waals surface area (Å²) in [5, 5.41) is 0. The number of rotatable bonds is 3. The van der Waals surface area contributed by atoms with E-state index in [9.17, 15) is 0 Å². The first-order chi connectivity index (χ1) is 6.76. The lowest BCUT2D eigenvalue weighted by Crippen LogP contribution is -1.95. The van der Waals surface area contributed by atoms with Crippen LogP contribution in [0, 0.1) is 0 Å². The van der Waals surface area contributed by atoms with Crippen LogP contribution in [-0.2, 0) is 4.74 Å². The van der Waals surface area contributed by atoms with E-state index in [2.05, 4.69) is 0 Å². The maximum Gasteiger partial charge on any atom is 0.224 e. The first kappa shape index (κ1) is 11.3. The van der Waals surface area contributed by atoms with Crippen LogP contribution in [-0.4, -0.2) is 18.1 Å². The number of thiocarbonyl (C=S) groups is 1. The highest BCUT2D eigenvalue weighted by molar-refractivity contribution is 8.22. The zero-order chi connectivity index (χ0) is 10.4. The van der Waals surface area contributed by atoms with E-state index in [1.54, 1.807) is 7.11 Å². The van der Waals surface area contributed by atoms with Crippen molar-refractivity contribution in [3.63, 3.8) is 0 Å². The van der Waals surface area contributed by atoms with Crippen molar-refractivity contribution in [1.29, 1.82) is 0 Å². The predicted molar refractivity (Wildman–Crippen MR) is 63.1 cm³/mol. The average Bonchev–Trinajstić information content (AvgIpc) is 2.18. The van der Waals surface area contributed by atoms with Gasteiger partial charge in [0.15, 0.2) is 0 Å². The first-order valence-electron chi connectivity index (χ1n) is 4.25. The molecule has 0 saturated heterocycles. The van der Waals surface area contributed by atoms with Gasteiger partial charge in [0.25, 0.3) is 0 Å². The molecule has 2 nitrogen and oxygen atoms in total. The van der Waals surface area contributed by atoms with Crippen molar-refractivity contribution in [2.75, 3.05) is 13.7 Å². The van der Waals surface area contributed by atoms with Crippen molar-refractivity contribution in [3.05, 3.63) is 24.3 Å². The van der Waals surface area contributed by atoms with E-state index >= 15 is 0 Å². The third-order valence-corrected chi connectivity index (χ3v) is 2.65. The Labute approximate surface area is 93.6 Å². The van der Waals surface area contributed by atoms with E-state index in [1.807, 2.05) is 31.2 Å². The smallest absolute Gasteiger partial charge is 0.224 e. The number of thioether (sulfide) groups is 1. The molecule has 0 amide bonds. The molecule has 0 aliphatic rings. The lowest BCUT2D eigenvalue weighted by molar-refractivity contribution is 0.346. The minimum atomic E-state index is 0.542. The average molecular weight is 228 g/mol. The summed E-state index contributed by atoms with van der Waals surface area (Å²) in [6.07, 6.45) is 0. The third-order valence-electron chi connectivity index (χ3n) is 1.50. The van der Waals surface area contributed by atoms with E-state index in [0.29, 0.717) is 11.0 Å². The maximum absolute atomic E-state index is 5.17. The Morgan fingerprint density at radius 2 is 2.29 bits per heavy atom. The largest absolute Gasteiger partial charge is 0.497 e. The fraction of sp³-hybridized carbons (Fsp3) is 0.300. The Balaban J connectivity index is 2.62. The van der Waals surface area contributed by atoms with Gasteiger partial charge >= 0.3 is 0 Å². The molecule has 0 atom stereocenters. The van der Waals surface area contributed by atoms with E-state index < -0.39 is 0 Å². The van der Waals surface area contributed by atoms with Crippen LogP contribution in [0.3, 0.4) is 0 Å². The molecule has 14 heavy (non-hydrogen) atoms. The zero-order valence-electron chi connectivity index (χ0n) is 8.15. The van der Waals surface area contributed by atoms with Gasteiger partial charge in [-0.25, -0.2) is 0 Å². The molecule has 0 unspecified atom stereocenters. The van der Waals surface area contributed by atoms with Crippen molar-refractivity contribution in [1.82, 2.24) is 0 Å². The van der Waals surface area contributed by atoms with Crippen LogP contribution < -0.4 is 4.74 Å². The SMILES string of the molecule is CCOC(=S)Sc1cccc(OC)c1. The summed E-state index contributed by atoms with van der Waals surface area (Å²) in [6.45, 7) is 2.52. The van der Waals surface area contributed by atoms with Gasteiger partial charge in [-0.3, -0.25) is 0 Å². The summed E-state index contributed by atoms with van der Waals surface area (Å²) in [4.78, 5) is 1.03. The fourth-order valence-electron chi connectivity index (χ4n) is 0.908. The second-order valence-corrected chi connectivity index (χ2v) is 4.14. The molecule has 0 saturated carbocycles. The van der Waals surface area contributed by atoms with Gasteiger partial charge in [0, 0.05) is 4.90 Å². The van der Waals surface area contributed by atoms with Crippen LogP contribution in [0.5, 0.6) is 5.75 Å². The van der Waals surface area contributed by atoms with Crippen LogP contribution >= 0.6 is 24.0 Å². The summed E-state index contributed by atoms with van der Waals surface area (Å²) in [5.74, 6) is 0.828. The second-order valence-electron chi connectivity index (χ2n) is 2.46. The molecule has 0 fully saturated rings. The highest BCUT2D eigenvalue weighted by Crippen LogP contribution is 2.24. The predicted octanol–water partition coefficient (Wildman–Crippen LogP) is 3.11. The monoisotopic (exact) mass is 228 g/mol. The van der Waals surface area contributed by atoms with Crippen LogP contribution in [0.2, 0.25) is 0 Å². The van der Waals surface area contributed by atoms with Crippen LogP contribution in [0.1, 0.15) is 6.92 Å². The summed E-state index contributed by atoms with van der Waals surface area (Å²) in [7, 11) is 1.64. The Bertz CT molecular complexity index is 313. The number of benzene rings is 1. The molecule has 0 spiro atoms. The Morgan fingerprint density at radius 1 is 1.50 bits per heavy atom. The Hall–Kier alpha value is -0.740. The molecule has 0 radical (unpaired) electrons. The van der Waals surface area contributed by atoms with Crippen molar-refractivity contribution in [3.8, 4) is 5.75 Å². The number of hydrogen-bond donors (Lipinski definition) is 0. The van der Waals surface area contributed by atoms with Gasteiger partial charge in [-0.05, 0) is 49.1 Å². The summed E-state index contributed by atoms with van der Waals surface area (Å²) in [6, 6.07) is 7.72. The van der Waals surface area contributed by atoms with Gasteiger partial charge in [0.05, 0.1) is 13.7 Å². The van der Waals surface area contributed by atoms with Gasteiger partial charge in [-0.1, -0.05) is 6.07 Å². The first-order valence-corrected chi connectivity index (χ1v) is 5.47. The van der Waals surface area contributed by atoms with Gasteiger partial charge in [-0.2, -0.15) is 0 Å². The highest BCUT2D eigenvalue weighted by Gasteiger charge is 2.01. The molecular weight excluding hydrogens is 216 g/mol. The summed E-state index contributed by atoms with van der Waals surface area (Å²) in [5.41, 5.74) is 0. The lowest BCUT2D eigenvalue weighted by atomic mass is 10.3. The topological polar surface area (TPSA) is 18.5 Å². The number of ether oxygens (including phenoxy) is 2. The van der Waals surface area contributed by atoms with E-state index in [-0.39, 0.29) is 0 Å². The fourth-order valence-corrected chi connectivity index (χ4v) is 2.01. The van der Waals surface area contributed by atoms with Crippen molar-refractivity contribution >= 4 is 28.4 Å². The van der Waals surface area contributed by atoms with Gasteiger partial charge < -0.3 is 9.47 Å². The molecule has 1 aromatic rings.